The zero-order valence-corrected chi connectivity index (χ0v) is 22.1. The predicted octanol–water partition coefficient (Wildman–Crippen LogP) is -0.0713. The number of phosphoric acid groups is 5. The van der Waals surface area contributed by atoms with Crippen molar-refractivity contribution in [3.05, 3.63) is 0 Å². The Kier molecular flexibility index (Phi) is 8.45. The number of hydrogen-bond donors (Lipinski definition) is 7. The molecule has 3 aliphatic rings. The topological polar surface area (TPSA) is 318 Å². The van der Waals surface area contributed by atoms with E-state index in [2.05, 4.69) is 26.7 Å². The summed E-state index contributed by atoms with van der Waals surface area (Å²) in [5.41, 5.74) is 0. The molecule has 2 heterocycles. The Hall–Kier alpha value is 0.780. The zero-order chi connectivity index (χ0) is 26.8. The molecular weight excluding hydrogens is 618 g/mol. The summed E-state index contributed by atoms with van der Waals surface area (Å²) in [7, 11) is -32.3. The van der Waals surface area contributed by atoms with Crippen molar-refractivity contribution in [2.45, 2.75) is 30.5 Å². The van der Waals surface area contributed by atoms with E-state index >= 15 is 0 Å². The van der Waals surface area contributed by atoms with Crippen LogP contribution in [0.1, 0.15) is 0 Å². The van der Waals surface area contributed by atoms with Crippen molar-refractivity contribution in [2.24, 2.45) is 5.92 Å². The quantitative estimate of drug-likeness (QED) is 0.194. The summed E-state index contributed by atoms with van der Waals surface area (Å²) < 4.78 is 108. The van der Waals surface area contributed by atoms with E-state index in [-0.39, 0.29) is 0 Å². The van der Waals surface area contributed by atoms with Gasteiger partial charge in [0, 0.05) is 13.0 Å². The predicted molar refractivity (Wildman–Crippen MR) is 103 cm³/mol. The Labute approximate surface area is 194 Å². The van der Waals surface area contributed by atoms with Crippen LogP contribution in [0.2, 0.25) is 0 Å². The van der Waals surface area contributed by atoms with Crippen molar-refractivity contribution in [3.8, 4) is 0 Å². The van der Waals surface area contributed by atoms with Crippen LogP contribution in [0.5, 0.6) is 0 Å². The van der Waals surface area contributed by atoms with Crippen LogP contribution in [0.25, 0.3) is 0 Å². The SMILES string of the molecule is COP(=O)(O)OC1C(CP(=O)(O)O)C2OP(=O)(O)OP(=O)(O)OC2C2OP(=O)(O)OP(=O)(O)OC12. The molecule has 1 saturated carbocycles. The van der Waals surface area contributed by atoms with Crippen LogP contribution in [0, 0.1) is 5.92 Å². The highest BCUT2D eigenvalue weighted by molar-refractivity contribution is 7.62. The molecule has 2 saturated heterocycles. The summed E-state index contributed by atoms with van der Waals surface area (Å²) in [5.74, 6) is -2.17. The zero-order valence-electron chi connectivity index (χ0n) is 16.7. The molecule has 11 atom stereocenters. The molecule has 0 aromatic rings. The first-order chi connectivity index (χ1) is 15.5. The van der Waals surface area contributed by atoms with Gasteiger partial charge < -0.3 is 34.3 Å². The van der Waals surface area contributed by atoms with Crippen molar-refractivity contribution in [2.75, 3.05) is 13.3 Å². The molecule has 206 valence electrons. The minimum absolute atomic E-state index is 0.636. The molecule has 0 amide bonds. The summed E-state index contributed by atoms with van der Waals surface area (Å²) >= 11 is 0. The molecule has 2 aliphatic heterocycles. The van der Waals surface area contributed by atoms with Gasteiger partial charge in [0.1, 0.15) is 30.5 Å². The van der Waals surface area contributed by atoms with E-state index < -0.39 is 89.3 Å². The first kappa shape index (κ1) is 30.3. The van der Waals surface area contributed by atoms with Gasteiger partial charge in [-0.05, 0) is 0 Å². The minimum atomic E-state index is -5.63. The van der Waals surface area contributed by atoms with Gasteiger partial charge in [-0.2, -0.15) is 8.62 Å². The van der Waals surface area contributed by atoms with Gasteiger partial charge in [0.25, 0.3) is 0 Å². The third-order valence-corrected chi connectivity index (χ3v) is 11.7. The van der Waals surface area contributed by atoms with Gasteiger partial charge in [-0.25, -0.2) is 22.8 Å². The van der Waals surface area contributed by atoms with E-state index in [1.54, 1.807) is 0 Å². The third kappa shape index (κ3) is 7.68. The molecule has 0 aromatic carbocycles. The van der Waals surface area contributed by atoms with Gasteiger partial charge in [-0.15, -0.1) is 0 Å². The van der Waals surface area contributed by atoms with Crippen molar-refractivity contribution >= 4 is 46.7 Å². The van der Waals surface area contributed by atoms with E-state index in [0.29, 0.717) is 7.11 Å². The van der Waals surface area contributed by atoms with E-state index in [1.165, 1.54) is 0 Å². The highest BCUT2D eigenvalue weighted by Gasteiger charge is 2.65. The van der Waals surface area contributed by atoms with Crippen molar-refractivity contribution in [1.82, 2.24) is 0 Å². The molecule has 0 radical (unpaired) electrons. The highest BCUT2D eigenvalue weighted by atomic mass is 31.3. The van der Waals surface area contributed by atoms with Crippen LogP contribution in [0.4, 0.5) is 0 Å². The molecule has 0 bridgehead atoms. The molecular formula is C8H18O21P6. The minimum Gasteiger partial charge on any atom is -0.324 e. The average Bonchev–Trinajstić information content (AvgIpc) is 2.76. The lowest BCUT2D eigenvalue weighted by Gasteiger charge is -2.47. The summed E-state index contributed by atoms with van der Waals surface area (Å²) in [6.07, 6.45) is -13.5. The van der Waals surface area contributed by atoms with Crippen LogP contribution < -0.4 is 0 Å². The Morgan fingerprint density at radius 2 is 1.09 bits per heavy atom. The number of hydrogen-bond acceptors (Lipinski definition) is 14. The second-order valence-corrected chi connectivity index (χ2v) is 16.2. The molecule has 27 heteroatoms. The van der Waals surface area contributed by atoms with E-state index in [1.807, 2.05) is 0 Å². The first-order valence-corrected chi connectivity index (χ1v) is 17.9. The van der Waals surface area contributed by atoms with Gasteiger partial charge in [0.05, 0.1) is 6.16 Å². The van der Waals surface area contributed by atoms with Gasteiger partial charge in [0.2, 0.25) is 0 Å². The molecule has 7 N–H and O–H groups in total. The average molecular weight is 636 g/mol. The fourth-order valence-corrected chi connectivity index (χ4v) is 10.1. The summed E-state index contributed by atoms with van der Waals surface area (Å²) in [4.78, 5) is 68.0. The van der Waals surface area contributed by atoms with Gasteiger partial charge in [-0.1, -0.05) is 0 Å². The fourth-order valence-electron chi connectivity index (χ4n) is 3.50. The van der Waals surface area contributed by atoms with Crippen LogP contribution in [0.15, 0.2) is 0 Å². The summed E-state index contributed by atoms with van der Waals surface area (Å²) in [6, 6.07) is 0. The van der Waals surface area contributed by atoms with E-state index in [9.17, 15) is 61.6 Å². The lowest BCUT2D eigenvalue weighted by molar-refractivity contribution is -0.168. The largest absolute Gasteiger partial charge is 0.481 e. The Balaban J connectivity index is 2.26. The van der Waals surface area contributed by atoms with Crippen molar-refractivity contribution in [3.63, 3.8) is 0 Å². The standard InChI is InChI=1S/C8H18O21P6/c1-22-31(12,13)23-4-3(2-30(9,10)11)5-7(26-33(16,17)28-32(14,15)24-5)8-6(4)25-34(18,19)29-35(20,21)27-8/h3-8H,2H2,1H3,(H,12,13)(H,14,15)(H,16,17)(H,18,19)(H,20,21)(H2,9,10,11). The molecule has 3 rings (SSSR count). The number of rotatable bonds is 5. The number of fused-ring (bicyclic) bond motifs is 3. The maximum atomic E-state index is 12.2. The van der Waals surface area contributed by atoms with E-state index in [4.69, 9.17) is 9.05 Å². The van der Waals surface area contributed by atoms with Crippen LogP contribution in [-0.4, -0.2) is 78.0 Å². The summed E-state index contributed by atoms with van der Waals surface area (Å²) in [6.45, 7) is 0. The van der Waals surface area contributed by atoms with Crippen molar-refractivity contribution in [1.29, 1.82) is 0 Å². The van der Waals surface area contributed by atoms with Gasteiger partial charge in [0.15, 0.2) is 0 Å². The van der Waals surface area contributed by atoms with Crippen LogP contribution in [-0.2, 0) is 63.2 Å². The number of phosphoric ester groups is 5. The molecule has 21 nitrogen and oxygen atoms in total. The van der Waals surface area contributed by atoms with Crippen LogP contribution in [0.3, 0.4) is 0 Å². The molecule has 0 spiro atoms. The maximum absolute atomic E-state index is 12.2. The van der Waals surface area contributed by atoms with Crippen LogP contribution >= 0.6 is 46.7 Å². The monoisotopic (exact) mass is 636 g/mol. The maximum Gasteiger partial charge on any atom is 0.481 e. The fraction of sp³-hybridized carbons (Fsp3) is 1.00. The Morgan fingerprint density at radius 1 is 0.714 bits per heavy atom. The summed E-state index contributed by atoms with van der Waals surface area (Å²) in [5, 5.41) is 0. The normalized spacial score (nSPS) is 50.7. The second kappa shape index (κ2) is 9.76. The first-order valence-electron chi connectivity index (χ1n) is 8.63. The van der Waals surface area contributed by atoms with Gasteiger partial charge >= 0.3 is 46.7 Å². The lowest BCUT2D eigenvalue weighted by atomic mass is 9.79. The second-order valence-electron chi connectivity index (χ2n) is 7.05. The smallest absolute Gasteiger partial charge is 0.324 e. The van der Waals surface area contributed by atoms with Gasteiger partial charge in [-0.3, -0.25) is 31.7 Å². The highest BCUT2D eigenvalue weighted by Crippen LogP contribution is 2.71. The Bertz CT molecular complexity index is 1130. The van der Waals surface area contributed by atoms with Crippen molar-refractivity contribution < 1.29 is 97.4 Å². The lowest BCUT2D eigenvalue weighted by Crippen LogP contribution is -2.63. The Morgan fingerprint density at radius 3 is 1.49 bits per heavy atom. The molecule has 35 heavy (non-hydrogen) atoms. The third-order valence-electron chi connectivity index (χ3n) is 4.51. The molecule has 11 unspecified atom stereocenters. The molecule has 1 aliphatic carbocycles. The molecule has 3 fully saturated rings. The molecule has 0 aromatic heterocycles. The van der Waals surface area contributed by atoms with E-state index in [0.717, 1.165) is 0 Å².